The summed E-state index contributed by atoms with van der Waals surface area (Å²) in [5, 5.41) is 12.8. The van der Waals surface area contributed by atoms with E-state index in [9.17, 15) is 18.3 Å². The molecule has 0 radical (unpaired) electrons. The van der Waals surface area contributed by atoms with Crippen LogP contribution in [0.5, 0.6) is 5.75 Å². The fraction of sp³-hybridized carbons (Fsp3) is 0.200. The van der Waals surface area contributed by atoms with Crippen molar-refractivity contribution in [2.24, 2.45) is 0 Å². The summed E-state index contributed by atoms with van der Waals surface area (Å²) in [6, 6.07) is 11.1. The van der Waals surface area contributed by atoms with Gasteiger partial charge in [0.15, 0.2) is 5.13 Å². The molecule has 7 nitrogen and oxygen atoms in total. The normalized spacial score (nSPS) is 11.3. The van der Waals surface area contributed by atoms with Crippen molar-refractivity contribution in [3.05, 3.63) is 53.7 Å². The monoisotopic (exact) mass is 431 g/mol. The van der Waals surface area contributed by atoms with Crippen molar-refractivity contribution < 1.29 is 18.3 Å². The minimum Gasteiger partial charge on any atom is -0.508 e. The summed E-state index contributed by atoms with van der Waals surface area (Å²) < 4.78 is 28.4. The molecule has 9 heteroatoms. The number of carbonyl (C=O) groups excluding carboxylic acids is 1. The molecule has 0 aliphatic heterocycles. The van der Waals surface area contributed by atoms with E-state index in [2.05, 4.69) is 15.0 Å². The van der Waals surface area contributed by atoms with Crippen LogP contribution in [-0.4, -0.2) is 24.4 Å². The Balaban J connectivity index is 1.97. The van der Waals surface area contributed by atoms with Gasteiger partial charge in [0.25, 0.3) is 10.0 Å². The number of anilines is 2. The number of phenolic OH excluding ortho intramolecular Hbond substituents is 1. The molecule has 0 saturated heterocycles. The van der Waals surface area contributed by atoms with Gasteiger partial charge >= 0.3 is 0 Å². The first-order chi connectivity index (χ1) is 13.7. The molecule has 0 fully saturated rings. The van der Waals surface area contributed by atoms with E-state index in [1.807, 2.05) is 13.0 Å². The number of aromatic nitrogens is 1. The van der Waals surface area contributed by atoms with Crippen LogP contribution in [0.15, 0.2) is 47.4 Å². The third kappa shape index (κ3) is 4.75. The molecule has 1 amide bonds. The number of aryl methyl sites for hydroxylation is 2. The van der Waals surface area contributed by atoms with Crippen LogP contribution < -0.4 is 10.0 Å². The number of phenols is 1. The molecule has 0 spiro atoms. The lowest BCUT2D eigenvalue weighted by Crippen LogP contribution is -2.14. The lowest BCUT2D eigenvalue weighted by molar-refractivity contribution is -0.115. The first-order valence-corrected chi connectivity index (χ1v) is 11.2. The number of hydrogen-bond acceptors (Lipinski definition) is 6. The molecule has 1 heterocycles. The molecule has 3 rings (SSSR count). The summed E-state index contributed by atoms with van der Waals surface area (Å²) in [5.74, 6) is -0.162. The molecule has 0 unspecified atom stereocenters. The molecule has 3 aromatic rings. The maximum absolute atomic E-state index is 12.9. The predicted octanol–water partition coefficient (Wildman–Crippen LogP) is 4.28. The number of nitrogens with zero attached hydrogens (tertiary/aromatic N) is 1. The van der Waals surface area contributed by atoms with Crippen molar-refractivity contribution in [2.45, 2.75) is 32.1 Å². The summed E-state index contributed by atoms with van der Waals surface area (Å²) in [5.41, 5.74) is 2.25. The molecule has 152 valence electrons. The number of nitrogens with one attached hydrogen (secondary N) is 2. The Morgan fingerprint density at radius 1 is 1.17 bits per heavy atom. The second-order valence-corrected chi connectivity index (χ2v) is 9.12. The van der Waals surface area contributed by atoms with E-state index in [1.165, 1.54) is 23.5 Å². The Kier molecular flexibility index (Phi) is 5.90. The molecule has 1 aromatic heterocycles. The number of sulfonamides is 1. The molecule has 0 aliphatic rings. The average Bonchev–Trinajstić information content (AvgIpc) is 3.01. The van der Waals surface area contributed by atoms with Crippen LogP contribution in [0.3, 0.4) is 0 Å². The van der Waals surface area contributed by atoms with E-state index < -0.39 is 10.0 Å². The van der Waals surface area contributed by atoms with Gasteiger partial charge < -0.3 is 10.4 Å². The van der Waals surface area contributed by atoms with E-state index in [1.54, 1.807) is 38.1 Å². The topological polar surface area (TPSA) is 108 Å². The second kappa shape index (κ2) is 8.22. The molecule has 0 atom stereocenters. The van der Waals surface area contributed by atoms with Crippen molar-refractivity contribution in [2.75, 3.05) is 10.0 Å². The average molecular weight is 432 g/mol. The number of thiazole rings is 1. The maximum Gasteiger partial charge on any atom is 0.262 e. The van der Waals surface area contributed by atoms with Crippen LogP contribution in [0.4, 0.5) is 10.8 Å². The first kappa shape index (κ1) is 20.8. The molecule has 2 aromatic carbocycles. The van der Waals surface area contributed by atoms with Gasteiger partial charge in [-0.15, -0.1) is 0 Å². The smallest absolute Gasteiger partial charge is 0.262 e. The SMILES string of the molecule is CCC(=O)Nc1nc(C)c(-c2ccc(C)c(S(=O)(=O)Nc3cccc(O)c3)c2)s1. The summed E-state index contributed by atoms with van der Waals surface area (Å²) >= 11 is 1.30. The second-order valence-electron chi connectivity index (χ2n) is 6.47. The Morgan fingerprint density at radius 3 is 2.62 bits per heavy atom. The van der Waals surface area contributed by atoms with Gasteiger partial charge in [0, 0.05) is 12.5 Å². The van der Waals surface area contributed by atoms with E-state index in [-0.39, 0.29) is 22.2 Å². The van der Waals surface area contributed by atoms with E-state index in [0.717, 1.165) is 4.88 Å². The number of aromatic hydroxyl groups is 1. The van der Waals surface area contributed by atoms with E-state index >= 15 is 0 Å². The number of amides is 1. The highest BCUT2D eigenvalue weighted by atomic mass is 32.2. The fourth-order valence-corrected chi connectivity index (χ4v) is 5.04. The van der Waals surface area contributed by atoms with Gasteiger partial charge in [0.2, 0.25) is 5.91 Å². The van der Waals surface area contributed by atoms with Crippen LogP contribution in [0.2, 0.25) is 0 Å². The van der Waals surface area contributed by atoms with Crippen LogP contribution in [0.25, 0.3) is 10.4 Å². The largest absolute Gasteiger partial charge is 0.508 e. The number of hydrogen-bond donors (Lipinski definition) is 3. The third-order valence-corrected chi connectivity index (χ3v) is 6.85. The van der Waals surface area contributed by atoms with Crippen molar-refractivity contribution in [3.8, 4) is 16.2 Å². The summed E-state index contributed by atoms with van der Waals surface area (Å²) in [6.07, 6.45) is 0.349. The Bertz CT molecular complexity index is 1170. The summed E-state index contributed by atoms with van der Waals surface area (Å²) in [7, 11) is -3.87. The van der Waals surface area contributed by atoms with Gasteiger partial charge in [-0.3, -0.25) is 9.52 Å². The zero-order valence-corrected chi connectivity index (χ0v) is 17.8. The van der Waals surface area contributed by atoms with Crippen LogP contribution >= 0.6 is 11.3 Å². The van der Waals surface area contributed by atoms with E-state index in [4.69, 9.17) is 0 Å². The van der Waals surface area contributed by atoms with Gasteiger partial charge in [-0.05, 0) is 43.2 Å². The van der Waals surface area contributed by atoms with Crippen molar-refractivity contribution in [1.29, 1.82) is 0 Å². The van der Waals surface area contributed by atoms with Crippen molar-refractivity contribution in [3.63, 3.8) is 0 Å². The maximum atomic E-state index is 12.9. The molecule has 3 N–H and O–H groups in total. The van der Waals surface area contributed by atoms with E-state index in [0.29, 0.717) is 28.4 Å². The Hall–Kier alpha value is -2.91. The van der Waals surface area contributed by atoms with Gasteiger partial charge in [-0.1, -0.05) is 36.5 Å². The predicted molar refractivity (Wildman–Crippen MR) is 115 cm³/mol. The highest BCUT2D eigenvalue weighted by molar-refractivity contribution is 7.92. The number of rotatable bonds is 6. The molecule has 0 aliphatic carbocycles. The Morgan fingerprint density at radius 2 is 1.93 bits per heavy atom. The van der Waals surface area contributed by atoms with Crippen LogP contribution in [0.1, 0.15) is 24.6 Å². The van der Waals surface area contributed by atoms with Crippen LogP contribution in [-0.2, 0) is 14.8 Å². The molecular formula is C20H21N3O4S2. The zero-order valence-electron chi connectivity index (χ0n) is 16.2. The highest BCUT2D eigenvalue weighted by Gasteiger charge is 2.20. The van der Waals surface area contributed by atoms with Gasteiger partial charge in [-0.25, -0.2) is 13.4 Å². The third-order valence-electron chi connectivity index (χ3n) is 4.20. The minimum atomic E-state index is -3.87. The minimum absolute atomic E-state index is 0.0300. The lowest BCUT2D eigenvalue weighted by Gasteiger charge is -2.12. The molecule has 0 saturated carbocycles. The molecular weight excluding hydrogens is 410 g/mol. The number of carbonyl (C=O) groups is 1. The highest BCUT2D eigenvalue weighted by Crippen LogP contribution is 2.35. The molecule has 29 heavy (non-hydrogen) atoms. The lowest BCUT2D eigenvalue weighted by atomic mass is 10.1. The standard InChI is InChI=1S/C20H21N3O4S2/c1-4-18(25)22-20-21-13(3)19(28-20)14-9-8-12(2)17(10-14)29(26,27)23-15-6-5-7-16(24)11-15/h5-11,23-24H,4H2,1-3H3,(H,21,22,25). The van der Waals surface area contributed by atoms with Crippen molar-refractivity contribution in [1.82, 2.24) is 4.98 Å². The molecule has 0 bridgehead atoms. The quantitative estimate of drug-likeness (QED) is 0.540. The Labute approximate surface area is 173 Å². The van der Waals surface area contributed by atoms with Gasteiger partial charge in [0.05, 0.1) is 21.2 Å². The summed E-state index contributed by atoms with van der Waals surface area (Å²) in [6.45, 7) is 5.28. The first-order valence-electron chi connectivity index (χ1n) is 8.89. The van der Waals surface area contributed by atoms with Gasteiger partial charge in [0.1, 0.15) is 5.75 Å². The summed E-state index contributed by atoms with van der Waals surface area (Å²) in [4.78, 5) is 16.9. The van der Waals surface area contributed by atoms with Crippen LogP contribution in [0, 0.1) is 13.8 Å². The van der Waals surface area contributed by atoms with Crippen molar-refractivity contribution >= 4 is 38.1 Å². The number of benzene rings is 2. The zero-order chi connectivity index (χ0) is 21.2. The van der Waals surface area contributed by atoms with Gasteiger partial charge in [-0.2, -0.15) is 0 Å². The fourth-order valence-electron chi connectivity index (χ4n) is 2.74.